The summed E-state index contributed by atoms with van der Waals surface area (Å²) in [4.78, 5) is 13.2. The molecule has 0 aliphatic carbocycles. The molecule has 0 unspecified atom stereocenters. The van der Waals surface area contributed by atoms with E-state index < -0.39 is 5.82 Å². The van der Waals surface area contributed by atoms with Crippen LogP contribution in [0.2, 0.25) is 0 Å². The van der Waals surface area contributed by atoms with Crippen molar-refractivity contribution in [2.75, 3.05) is 13.4 Å². The first-order valence-corrected chi connectivity index (χ1v) is 6.90. The summed E-state index contributed by atoms with van der Waals surface area (Å²) in [6.07, 6.45) is 1.94. The number of benzene rings is 2. The summed E-state index contributed by atoms with van der Waals surface area (Å²) >= 11 is 1.56. The molecule has 0 aliphatic rings. The molecule has 2 nitrogen and oxygen atoms in total. The standard InChI is InChI=1S/C15H13FO2S/c1-18-14-7-6-11(9-13(14)16)15(17)10-4-3-5-12(8-10)19-2/h3-9H,1-2H3. The molecule has 0 aliphatic heterocycles. The average Bonchev–Trinajstić information content (AvgIpc) is 2.46. The third-order valence-electron chi connectivity index (χ3n) is 2.75. The summed E-state index contributed by atoms with van der Waals surface area (Å²) in [5.41, 5.74) is 0.868. The van der Waals surface area contributed by atoms with Gasteiger partial charge in [0.1, 0.15) is 0 Å². The number of rotatable bonds is 4. The van der Waals surface area contributed by atoms with E-state index in [0.29, 0.717) is 11.1 Å². The first-order valence-electron chi connectivity index (χ1n) is 5.68. The topological polar surface area (TPSA) is 26.3 Å². The maximum atomic E-state index is 13.6. The quantitative estimate of drug-likeness (QED) is 0.628. The third-order valence-corrected chi connectivity index (χ3v) is 3.47. The first kappa shape index (κ1) is 13.6. The first-order chi connectivity index (χ1) is 9.15. The summed E-state index contributed by atoms with van der Waals surface area (Å²) in [6.45, 7) is 0. The van der Waals surface area contributed by atoms with Gasteiger partial charge in [-0.15, -0.1) is 11.8 Å². The van der Waals surface area contributed by atoms with Gasteiger partial charge in [-0.25, -0.2) is 4.39 Å². The molecule has 2 rings (SSSR count). The highest BCUT2D eigenvalue weighted by Gasteiger charge is 2.12. The Morgan fingerprint density at radius 3 is 2.53 bits per heavy atom. The van der Waals surface area contributed by atoms with Crippen molar-refractivity contribution in [3.05, 3.63) is 59.4 Å². The van der Waals surface area contributed by atoms with Crippen LogP contribution in [-0.2, 0) is 0 Å². The lowest BCUT2D eigenvalue weighted by molar-refractivity contribution is 0.103. The molecule has 0 spiro atoms. The van der Waals surface area contributed by atoms with E-state index in [1.165, 1.54) is 19.2 Å². The summed E-state index contributed by atoms with van der Waals surface area (Å²) in [7, 11) is 1.39. The van der Waals surface area contributed by atoms with Crippen LogP contribution in [0.25, 0.3) is 0 Å². The minimum absolute atomic E-state index is 0.134. The summed E-state index contributed by atoms with van der Waals surface area (Å²) in [6, 6.07) is 11.5. The molecule has 19 heavy (non-hydrogen) atoms. The van der Waals surface area contributed by atoms with Crippen LogP contribution in [0.5, 0.6) is 5.75 Å². The molecule has 2 aromatic rings. The molecule has 0 saturated heterocycles. The smallest absolute Gasteiger partial charge is 0.193 e. The fourth-order valence-corrected chi connectivity index (χ4v) is 2.20. The normalized spacial score (nSPS) is 10.3. The second-order valence-corrected chi connectivity index (χ2v) is 4.79. The average molecular weight is 276 g/mol. The second-order valence-electron chi connectivity index (χ2n) is 3.91. The molecule has 0 radical (unpaired) electrons. The molecule has 0 saturated carbocycles. The predicted octanol–water partition coefficient (Wildman–Crippen LogP) is 3.79. The Bertz CT molecular complexity index is 611. The maximum Gasteiger partial charge on any atom is 0.193 e. The Morgan fingerprint density at radius 1 is 1.16 bits per heavy atom. The predicted molar refractivity (Wildman–Crippen MR) is 74.6 cm³/mol. The Balaban J connectivity index is 2.35. The van der Waals surface area contributed by atoms with Gasteiger partial charge in [0.25, 0.3) is 0 Å². The molecular formula is C15H13FO2S. The molecule has 0 fully saturated rings. The van der Waals surface area contributed by atoms with Gasteiger partial charge in [-0.3, -0.25) is 4.79 Å². The largest absolute Gasteiger partial charge is 0.494 e. The van der Waals surface area contributed by atoms with Crippen LogP contribution < -0.4 is 4.74 Å². The minimum Gasteiger partial charge on any atom is -0.494 e. The van der Waals surface area contributed by atoms with Gasteiger partial charge in [0.15, 0.2) is 17.3 Å². The number of carbonyl (C=O) groups excluding carboxylic acids is 1. The molecule has 0 atom stereocenters. The van der Waals surface area contributed by atoms with Crippen LogP contribution in [-0.4, -0.2) is 19.1 Å². The van der Waals surface area contributed by atoms with Gasteiger partial charge in [0.2, 0.25) is 0 Å². The molecule has 2 aromatic carbocycles. The SMILES string of the molecule is COc1ccc(C(=O)c2cccc(SC)c2)cc1F. The van der Waals surface area contributed by atoms with E-state index in [0.717, 1.165) is 4.90 Å². The highest BCUT2D eigenvalue weighted by molar-refractivity contribution is 7.98. The number of hydrogen-bond donors (Lipinski definition) is 0. The van der Waals surface area contributed by atoms with E-state index >= 15 is 0 Å². The summed E-state index contributed by atoms with van der Waals surface area (Å²) in [5, 5.41) is 0. The molecule has 0 bridgehead atoms. The zero-order valence-electron chi connectivity index (χ0n) is 10.6. The van der Waals surface area contributed by atoms with Crippen LogP contribution >= 0.6 is 11.8 Å². The van der Waals surface area contributed by atoms with Crippen molar-refractivity contribution in [2.45, 2.75) is 4.90 Å². The van der Waals surface area contributed by atoms with Crippen molar-refractivity contribution in [1.29, 1.82) is 0 Å². The highest BCUT2D eigenvalue weighted by atomic mass is 32.2. The fourth-order valence-electron chi connectivity index (χ4n) is 1.74. The van der Waals surface area contributed by atoms with Crippen molar-refractivity contribution < 1.29 is 13.9 Å². The second kappa shape index (κ2) is 5.89. The Morgan fingerprint density at radius 2 is 1.89 bits per heavy atom. The number of thioether (sulfide) groups is 1. The van der Waals surface area contributed by atoms with Crippen LogP contribution in [0.15, 0.2) is 47.4 Å². The number of methoxy groups -OCH3 is 1. The number of carbonyl (C=O) groups is 1. The van der Waals surface area contributed by atoms with E-state index in [-0.39, 0.29) is 11.5 Å². The van der Waals surface area contributed by atoms with Gasteiger partial charge >= 0.3 is 0 Å². The highest BCUT2D eigenvalue weighted by Crippen LogP contribution is 2.21. The van der Waals surface area contributed by atoms with Crippen LogP contribution in [0, 0.1) is 5.82 Å². The molecule has 0 aromatic heterocycles. The van der Waals surface area contributed by atoms with Crippen LogP contribution in [0.3, 0.4) is 0 Å². The molecule has 98 valence electrons. The monoisotopic (exact) mass is 276 g/mol. The van der Waals surface area contributed by atoms with Crippen molar-refractivity contribution >= 4 is 17.5 Å². The zero-order chi connectivity index (χ0) is 13.8. The van der Waals surface area contributed by atoms with E-state index in [1.54, 1.807) is 30.0 Å². The van der Waals surface area contributed by atoms with Crippen LogP contribution in [0.1, 0.15) is 15.9 Å². The van der Waals surface area contributed by atoms with E-state index in [9.17, 15) is 9.18 Å². The Kier molecular flexibility index (Phi) is 4.22. The van der Waals surface area contributed by atoms with Crippen molar-refractivity contribution in [1.82, 2.24) is 0 Å². The molecule has 0 N–H and O–H groups in total. The van der Waals surface area contributed by atoms with E-state index in [4.69, 9.17) is 4.74 Å². The lowest BCUT2D eigenvalue weighted by Crippen LogP contribution is -2.02. The van der Waals surface area contributed by atoms with Crippen molar-refractivity contribution in [2.24, 2.45) is 0 Å². The maximum absolute atomic E-state index is 13.6. The van der Waals surface area contributed by atoms with Crippen LogP contribution in [0.4, 0.5) is 4.39 Å². The molecule has 4 heteroatoms. The molecular weight excluding hydrogens is 263 g/mol. The zero-order valence-corrected chi connectivity index (χ0v) is 11.5. The Hall–Kier alpha value is -1.81. The van der Waals surface area contributed by atoms with E-state index in [2.05, 4.69) is 0 Å². The Labute approximate surface area is 115 Å². The number of ketones is 1. The lowest BCUT2D eigenvalue weighted by atomic mass is 10.0. The summed E-state index contributed by atoms with van der Waals surface area (Å²) in [5.74, 6) is -0.596. The number of halogens is 1. The van der Waals surface area contributed by atoms with Gasteiger partial charge in [-0.05, 0) is 36.6 Å². The van der Waals surface area contributed by atoms with Gasteiger partial charge in [0, 0.05) is 16.0 Å². The van der Waals surface area contributed by atoms with Gasteiger partial charge < -0.3 is 4.74 Å². The summed E-state index contributed by atoms with van der Waals surface area (Å²) < 4.78 is 18.4. The number of hydrogen-bond acceptors (Lipinski definition) is 3. The van der Waals surface area contributed by atoms with E-state index in [1.807, 2.05) is 18.4 Å². The fraction of sp³-hybridized carbons (Fsp3) is 0.133. The molecule has 0 amide bonds. The minimum atomic E-state index is -0.533. The van der Waals surface area contributed by atoms with Gasteiger partial charge in [0.05, 0.1) is 7.11 Å². The number of ether oxygens (including phenoxy) is 1. The van der Waals surface area contributed by atoms with Gasteiger partial charge in [-0.2, -0.15) is 0 Å². The molecule has 0 heterocycles. The lowest BCUT2D eigenvalue weighted by Gasteiger charge is -2.05. The van der Waals surface area contributed by atoms with Crippen molar-refractivity contribution in [3.63, 3.8) is 0 Å². The third kappa shape index (κ3) is 2.96. The van der Waals surface area contributed by atoms with Gasteiger partial charge in [-0.1, -0.05) is 12.1 Å². The van der Waals surface area contributed by atoms with Crippen molar-refractivity contribution in [3.8, 4) is 5.75 Å².